The van der Waals surface area contributed by atoms with Gasteiger partial charge in [0.25, 0.3) is 0 Å². The number of rotatable bonds is 52. The van der Waals surface area contributed by atoms with Crippen LogP contribution in [0, 0.1) is 5.92 Å². The van der Waals surface area contributed by atoms with Crippen LogP contribution in [-0.2, 0) is 28.6 Å². The second-order valence-corrected chi connectivity index (χ2v) is 19.8. The number of hydrogen-bond donors (Lipinski definition) is 0. The van der Waals surface area contributed by atoms with Gasteiger partial charge in [0.15, 0.2) is 6.10 Å². The molecule has 1 unspecified atom stereocenters. The van der Waals surface area contributed by atoms with Gasteiger partial charge in [-0.05, 0) is 25.2 Å². The Hall–Kier alpha value is -1.59. The fourth-order valence-corrected chi connectivity index (χ4v) is 8.72. The van der Waals surface area contributed by atoms with Crippen molar-refractivity contribution >= 4 is 17.9 Å². The zero-order chi connectivity index (χ0) is 45.9. The molecule has 0 aliphatic heterocycles. The number of esters is 3. The van der Waals surface area contributed by atoms with Crippen molar-refractivity contribution in [1.82, 2.24) is 0 Å². The number of hydrogen-bond acceptors (Lipinski definition) is 6. The number of carbonyl (C=O) groups excluding carboxylic acids is 3. The van der Waals surface area contributed by atoms with Gasteiger partial charge < -0.3 is 14.2 Å². The number of carbonyl (C=O) groups is 3. The van der Waals surface area contributed by atoms with E-state index in [0.717, 1.165) is 63.7 Å². The maximum Gasteiger partial charge on any atom is 0.306 e. The van der Waals surface area contributed by atoms with Gasteiger partial charge in [0.2, 0.25) is 0 Å². The standard InChI is InChI=1S/C57H110O6/c1-5-8-10-12-14-16-18-20-22-24-25-26-28-29-31-33-35-40-44-48-55(58)61-51-54(52-62-56(59)49-45-41-38-37-39-43-47-53(4)7-3)63-57(60)50-46-42-36-34-32-30-27-23-21-19-17-15-13-11-9-6-2/h53-54H,5-52H2,1-4H3/t53?,54-/m0/s1. The first kappa shape index (κ1) is 61.4. The van der Waals surface area contributed by atoms with Crippen molar-refractivity contribution in [2.24, 2.45) is 5.92 Å². The second kappa shape index (κ2) is 51.4. The zero-order valence-electron chi connectivity index (χ0n) is 43.0. The highest BCUT2D eigenvalue weighted by Crippen LogP contribution is 2.18. The van der Waals surface area contributed by atoms with Crippen molar-refractivity contribution in [2.45, 2.75) is 329 Å². The summed E-state index contributed by atoms with van der Waals surface area (Å²) in [7, 11) is 0. The topological polar surface area (TPSA) is 78.9 Å². The molecule has 0 saturated heterocycles. The Morgan fingerprint density at radius 1 is 0.317 bits per heavy atom. The predicted octanol–water partition coefficient (Wildman–Crippen LogP) is 18.6. The molecule has 2 atom stereocenters. The molecule has 0 bridgehead atoms. The molecular weight excluding hydrogens is 781 g/mol. The first-order valence-corrected chi connectivity index (χ1v) is 28.4. The lowest BCUT2D eigenvalue weighted by Gasteiger charge is -2.18. The lowest BCUT2D eigenvalue weighted by atomic mass is 10.00. The van der Waals surface area contributed by atoms with Crippen LogP contribution in [-0.4, -0.2) is 37.2 Å². The zero-order valence-corrected chi connectivity index (χ0v) is 43.0. The molecule has 0 fully saturated rings. The summed E-state index contributed by atoms with van der Waals surface area (Å²) in [5, 5.41) is 0. The second-order valence-electron chi connectivity index (χ2n) is 19.8. The molecule has 0 aromatic heterocycles. The van der Waals surface area contributed by atoms with E-state index < -0.39 is 6.10 Å². The van der Waals surface area contributed by atoms with Crippen LogP contribution in [0.5, 0.6) is 0 Å². The van der Waals surface area contributed by atoms with Gasteiger partial charge in [-0.3, -0.25) is 14.4 Å². The summed E-state index contributed by atoms with van der Waals surface area (Å²) in [4.78, 5) is 38.0. The van der Waals surface area contributed by atoms with E-state index >= 15 is 0 Å². The van der Waals surface area contributed by atoms with Gasteiger partial charge in [-0.25, -0.2) is 0 Å². The van der Waals surface area contributed by atoms with Crippen molar-refractivity contribution in [2.75, 3.05) is 13.2 Å². The molecule has 6 nitrogen and oxygen atoms in total. The summed E-state index contributed by atoms with van der Waals surface area (Å²) in [5.41, 5.74) is 0. The van der Waals surface area contributed by atoms with Crippen LogP contribution in [0.1, 0.15) is 323 Å². The third kappa shape index (κ3) is 49.7. The summed E-state index contributed by atoms with van der Waals surface area (Å²) in [5.74, 6) is -0.0274. The van der Waals surface area contributed by atoms with E-state index in [2.05, 4.69) is 27.7 Å². The smallest absolute Gasteiger partial charge is 0.306 e. The van der Waals surface area contributed by atoms with Gasteiger partial charge in [-0.2, -0.15) is 0 Å². The molecule has 0 spiro atoms. The first-order chi connectivity index (χ1) is 30.9. The van der Waals surface area contributed by atoms with Crippen molar-refractivity contribution in [1.29, 1.82) is 0 Å². The fraction of sp³-hybridized carbons (Fsp3) is 0.947. The van der Waals surface area contributed by atoms with Gasteiger partial charge in [-0.15, -0.1) is 0 Å². The highest BCUT2D eigenvalue weighted by atomic mass is 16.6. The summed E-state index contributed by atoms with van der Waals surface area (Å²) in [6.45, 7) is 9.02. The SMILES string of the molecule is CCCCCCCCCCCCCCCCCCCCCC(=O)OC[C@@H](COC(=O)CCCCCCCCC(C)CC)OC(=O)CCCCCCCCCCCCCCCCCC. The Bertz CT molecular complexity index is 951. The molecule has 0 heterocycles. The number of ether oxygens (including phenoxy) is 3. The predicted molar refractivity (Wildman–Crippen MR) is 270 cm³/mol. The van der Waals surface area contributed by atoms with Gasteiger partial charge in [0.1, 0.15) is 13.2 Å². The summed E-state index contributed by atoms with van der Waals surface area (Å²) < 4.78 is 16.9. The minimum absolute atomic E-state index is 0.0629. The van der Waals surface area contributed by atoms with E-state index in [9.17, 15) is 14.4 Å². The first-order valence-electron chi connectivity index (χ1n) is 28.4. The molecule has 374 valence electrons. The fourth-order valence-electron chi connectivity index (χ4n) is 8.72. The van der Waals surface area contributed by atoms with E-state index in [-0.39, 0.29) is 31.1 Å². The summed E-state index contributed by atoms with van der Waals surface area (Å²) in [6, 6.07) is 0. The molecular formula is C57H110O6. The van der Waals surface area contributed by atoms with E-state index in [1.807, 2.05) is 0 Å². The van der Waals surface area contributed by atoms with Crippen LogP contribution >= 0.6 is 0 Å². The summed E-state index contributed by atoms with van der Waals surface area (Å²) in [6.07, 6.45) is 55.3. The van der Waals surface area contributed by atoms with Gasteiger partial charge in [0.05, 0.1) is 0 Å². The van der Waals surface area contributed by atoms with E-state index in [1.165, 1.54) is 218 Å². The molecule has 6 heteroatoms. The molecule has 0 aliphatic rings. The Morgan fingerprint density at radius 2 is 0.556 bits per heavy atom. The van der Waals surface area contributed by atoms with Crippen molar-refractivity contribution < 1.29 is 28.6 Å². The number of unbranched alkanes of at least 4 members (excludes halogenated alkanes) is 38. The molecule has 0 rings (SSSR count). The van der Waals surface area contributed by atoms with Crippen LogP contribution < -0.4 is 0 Å². The monoisotopic (exact) mass is 891 g/mol. The third-order valence-corrected chi connectivity index (χ3v) is 13.4. The summed E-state index contributed by atoms with van der Waals surface area (Å²) >= 11 is 0. The minimum atomic E-state index is -0.762. The molecule has 0 aromatic rings. The Kier molecular flexibility index (Phi) is 50.1. The average Bonchev–Trinajstić information content (AvgIpc) is 3.28. The normalized spacial score (nSPS) is 12.4. The molecule has 0 aliphatic carbocycles. The Morgan fingerprint density at radius 3 is 0.825 bits per heavy atom. The molecule has 0 amide bonds. The van der Waals surface area contributed by atoms with Crippen molar-refractivity contribution in [3.8, 4) is 0 Å². The lowest BCUT2D eigenvalue weighted by Crippen LogP contribution is -2.30. The Balaban J connectivity index is 4.24. The third-order valence-electron chi connectivity index (χ3n) is 13.4. The van der Waals surface area contributed by atoms with Gasteiger partial charge >= 0.3 is 17.9 Å². The quantitative estimate of drug-likeness (QED) is 0.0344. The largest absolute Gasteiger partial charge is 0.462 e. The molecule has 63 heavy (non-hydrogen) atoms. The van der Waals surface area contributed by atoms with Gasteiger partial charge in [0, 0.05) is 19.3 Å². The van der Waals surface area contributed by atoms with E-state index in [4.69, 9.17) is 14.2 Å². The molecule has 0 radical (unpaired) electrons. The maximum atomic E-state index is 12.8. The highest BCUT2D eigenvalue weighted by molar-refractivity contribution is 5.71. The highest BCUT2D eigenvalue weighted by Gasteiger charge is 2.19. The molecule has 0 aromatic carbocycles. The average molecular weight is 892 g/mol. The van der Waals surface area contributed by atoms with E-state index in [1.54, 1.807) is 0 Å². The van der Waals surface area contributed by atoms with Crippen LogP contribution in [0.25, 0.3) is 0 Å². The van der Waals surface area contributed by atoms with Crippen LogP contribution in [0.3, 0.4) is 0 Å². The van der Waals surface area contributed by atoms with Crippen LogP contribution in [0.2, 0.25) is 0 Å². The van der Waals surface area contributed by atoms with Crippen LogP contribution in [0.15, 0.2) is 0 Å². The van der Waals surface area contributed by atoms with Gasteiger partial charge in [-0.1, -0.05) is 285 Å². The lowest BCUT2D eigenvalue weighted by molar-refractivity contribution is -0.167. The van der Waals surface area contributed by atoms with Crippen LogP contribution in [0.4, 0.5) is 0 Å². The maximum absolute atomic E-state index is 12.8. The molecule has 0 saturated carbocycles. The minimum Gasteiger partial charge on any atom is -0.462 e. The Labute approximate surface area is 393 Å². The molecule has 0 N–H and O–H groups in total. The van der Waals surface area contributed by atoms with E-state index in [0.29, 0.717) is 19.3 Å². The van der Waals surface area contributed by atoms with Crippen molar-refractivity contribution in [3.05, 3.63) is 0 Å². The van der Waals surface area contributed by atoms with Crippen molar-refractivity contribution in [3.63, 3.8) is 0 Å².